The number of nitrogens with zero attached hydrogens (tertiary/aromatic N) is 1. The van der Waals surface area contributed by atoms with Crippen molar-refractivity contribution in [1.29, 1.82) is 0 Å². The number of anilines is 1. The molecule has 4 saturated carbocycles. The molecule has 6 rings (SSSR count). The highest BCUT2D eigenvalue weighted by molar-refractivity contribution is 7.91. The highest BCUT2D eigenvalue weighted by Gasteiger charge is 2.53. The van der Waals surface area contributed by atoms with Crippen molar-refractivity contribution < 1.29 is 13.2 Å². The molecule has 7 heteroatoms. The Balaban J connectivity index is 1.36. The monoisotopic (exact) mass is 394 g/mol. The lowest BCUT2D eigenvalue weighted by Gasteiger charge is -2.56. The van der Waals surface area contributed by atoms with Crippen molar-refractivity contribution in [1.82, 2.24) is 4.98 Å². The Morgan fingerprint density at radius 1 is 1.15 bits per heavy atom. The maximum atomic E-state index is 12.5. The van der Waals surface area contributed by atoms with E-state index in [0.717, 1.165) is 17.8 Å². The average molecular weight is 395 g/mol. The van der Waals surface area contributed by atoms with E-state index in [-0.39, 0.29) is 22.8 Å². The summed E-state index contributed by atoms with van der Waals surface area (Å²) in [5.41, 5.74) is 1.45. The number of rotatable bonds is 3. The van der Waals surface area contributed by atoms with E-state index >= 15 is 0 Å². The van der Waals surface area contributed by atoms with Crippen molar-refractivity contribution in [2.45, 2.75) is 57.3 Å². The molecule has 4 bridgehead atoms. The van der Waals surface area contributed by atoms with Crippen LogP contribution < -0.4 is 5.32 Å². The number of sulfone groups is 1. The third kappa shape index (κ3) is 2.82. The van der Waals surface area contributed by atoms with Crippen LogP contribution in [0.5, 0.6) is 0 Å². The van der Waals surface area contributed by atoms with E-state index in [2.05, 4.69) is 12.2 Å². The third-order valence-electron chi connectivity index (χ3n) is 7.17. The van der Waals surface area contributed by atoms with Crippen molar-refractivity contribution in [3.8, 4) is 0 Å². The third-order valence-corrected chi connectivity index (χ3v) is 9.82. The summed E-state index contributed by atoms with van der Waals surface area (Å²) in [7, 11) is -3.04. The molecule has 5 fully saturated rings. The van der Waals surface area contributed by atoms with E-state index in [1.54, 1.807) is 11.3 Å². The van der Waals surface area contributed by atoms with E-state index in [0.29, 0.717) is 11.6 Å². The molecule has 5 nitrogen and oxygen atoms in total. The van der Waals surface area contributed by atoms with Crippen LogP contribution >= 0.6 is 11.3 Å². The molecule has 4 aliphatic carbocycles. The number of nitrogens with one attached hydrogen (secondary N) is 1. The average Bonchev–Trinajstić information content (AvgIpc) is 3.08. The van der Waals surface area contributed by atoms with Gasteiger partial charge in [-0.15, -0.1) is 11.3 Å². The van der Waals surface area contributed by atoms with Crippen LogP contribution in [0, 0.1) is 30.6 Å². The molecule has 1 N–H and O–H groups in total. The number of carbonyl (C=O) groups excluding carboxylic acids is 1. The van der Waals surface area contributed by atoms with Crippen molar-refractivity contribution in [2.75, 3.05) is 16.8 Å². The first kappa shape index (κ1) is 17.2. The maximum absolute atomic E-state index is 12.5. The van der Waals surface area contributed by atoms with Crippen molar-refractivity contribution in [2.24, 2.45) is 23.7 Å². The SMILES string of the molecule is Cc1sc(NC(=O)C2CCS(=O)(=O)C2)nc1C12CC3CC(CC(C3)C1)C2. The van der Waals surface area contributed by atoms with Crippen LogP contribution in [0.1, 0.15) is 55.5 Å². The molecule has 142 valence electrons. The van der Waals surface area contributed by atoms with Gasteiger partial charge in [-0.3, -0.25) is 4.79 Å². The fraction of sp³-hybridized carbons (Fsp3) is 0.789. The minimum absolute atomic E-state index is 0.0228. The molecule has 1 aromatic heterocycles. The quantitative estimate of drug-likeness (QED) is 0.853. The molecule has 1 aliphatic heterocycles. The van der Waals surface area contributed by atoms with Crippen LogP contribution in [0.15, 0.2) is 0 Å². The topological polar surface area (TPSA) is 76.1 Å². The summed E-state index contributed by atoms with van der Waals surface area (Å²) in [4.78, 5) is 18.6. The van der Waals surface area contributed by atoms with Gasteiger partial charge in [-0.1, -0.05) is 0 Å². The molecular formula is C19H26N2O3S2. The molecule has 0 aromatic carbocycles. The predicted molar refractivity (Wildman–Crippen MR) is 102 cm³/mol. The standard InChI is InChI=1S/C19H26N2O3S2/c1-11-16(19-7-12-4-13(8-19)6-14(5-12)9-19)20-18(25-11)21-17(22)15-2-3-26(23,24)10-15/h12-15H,2-10H2,1H3,(H,20,21,22). The molecule has 0 spiro atoms. The van der Waals surface area contributed by atoms with Crippen LogP contribution in [0.25, 0.3) is 0 Å². The fourth-order valence-electron chi connectivity index (χ4n) is 6.55. The van der Waals surface area contributed by atoms with Gasteiger partial charge in [0.05, 0.1) is 23.1 Å². The minimum Gasteiger partial charge on any atom is -0.302 e. The second-order valence-electron chi connectivity index (χ2n) is 9.21. The number of hydrogen-bond acceptors (Lipinski definition) is 5. The summed E-state index contributed by atoms with van der Waals surface area (Å²) in [6, 6.07) is 0. The molecule has 26 heavy (non-hydrogen) atoms. The summed E-state index contributed by atoms with van der Waals surface area (Å²) in [6.45, 7) is 2.13. The van der Waals surface area contributed by atoms with Gasteiger partial charge in [0.1, 0.15) is 0 Å². The Labute approximate surface area is 158 Å². The Kier molecular flexibility index (Phi) is 3.81. The van der Waals surface area contributed by atoms with E-state index in [9.17, 15) is 13.2 Å². The van der Waals surface area contributed by atoms with Gasteiger partial charge < -0.3 is 5.32 Å². The second kappa shape index (κ2) is 5.77. The van der Waals surface area contributed by atoms with E-state index < -0.39 is 15.8 Å². The first-order valence-electron chi connectivity index (χ1n) is 9.81. The normalized spacial score (nSPS) is 40.0. The Bertz CT molecular complexity index is 823. The van der Waals surface area contributed by atoms with E-state index in [4.69, 9.17) is 4.98 Å². The largest absolute Gasteiger partial charge is 0.302 e. The van der Waals surface area contributed by atoms with Gasteiger partial charge in [0.25, 0.3) is 0 Å². The molecule has 0 radical (unpaired) electrons. The number of carbonyl (C=O) groups is 1. The zero-order valence-corrected chi connectivity index (χ0v) is 16.8. The molecular weight excluding hydrogens is 368 g/mol. The Morgan fingerprint density at radius 3 is 2.31 bits per heavy atom. The summed E-state index contributed by atoms with van der Waals surface area (Å²) < 4.78 is 23.2. The molecule has 1 amide bonds. The van der Waals surface area contributed by atoms with E-state index in [1.807, 2.05) is 0 Å². The smallest absolute Gasteiger partial charge is 0.230 e. The summed E-state index contributed by atoms with van der Waals surface area (Å²) in [5.74, 6) is 2.09. The van der Waals surface area contributed by atoms with Gasteiger partial charge in [-0.2, -0.15) is 0 Å². The van der Waals surface area contributed by atoms with Crippen molar-refractivity contribution >= 4 is 32.2 Å². The highest BCUT2D eigenvalue weighted by Crippen LogP contribution is 2.61. The summed E-state index contributed by atoms with van der Waals surface area (Å²) >= 11 is 1.56. The second-order valence-corrected chi connectivity index (χ2v) is 12.6. The maximum Gasteiger partial charge on any atom is 0.230 e. The van der Waals surface area contributed by atoms with Gasteiger partial charge in [0, 0.05) is 10.3 Å². The number of amides is 1. The van der Waals surface area contributed by atoms with Crippen LogP contribution in [0.3, 0.4) is 0 Å². The summed E-state index contributed by atoms with van der Waals surface area (Å²) in [5, 5.41) is 3.57. The number of hydrogen-bond donors (Lipinski definition) is 1. The van der Waals surface area contributed by atoms with Gasteiger partial charge in [0.15, 0.2) is 15.0 Å². The van der Waals surface area contributed by atoms with Gasteiger partial charge >= 0.3 is 0 Å². The zero-order chi connectivity index (χ0) is 18.1. The molecule has 1 atom stereocenters. The van der Waals surface area contributed by atoms with Crippen molar-refractivity contribution in [3.05, 3.63) is 10.6 Å². The van der Waals surface area contributed by atoms with Crippen molar-refractivity contribution in [3.63, 3.8) is 0 Å². The Morgan fingerprint density at radius 2 is 1.77 bits per heavy atom. The lowest BCUT2D eigenvalue weighted by atomic mass is 9.48. The van der Waals surface area contributed by atoms with Gasteiger partial charge in [-0.05, 0) is 69.6 Å². The first-order valence-corrected chi connectivity index (χ1v) is 12.4. The minimum atomic E-state index is -3.04. The molecule has 2 heterocycles. The van der Waals surface area contributed by atoms with Crippen LogP contribution in [0.2, 0.25) is 0 Å². The summed E-state index contributed by atoms with van der Waals surface area (Å²) in [6.07, 6.45) is 8.43. The molecule has 5 aliphatic rings. The van der Waals surface area contributed by atoms with E-state index in [1.165, 1.54) is 49.1 Å². The molecule has 1 unspecified atom stereocenters. The number of aromatic nitrogens is 1. The molecule has 1 aromatic rings. The lowest BCUT2D eigenvalue weighted by molar-refractivity contribution is -0.119. The highest BCUT2D eigenvalue weighted by atomic mass is 32.2. The number of aryl methyl sites for hydroxylation is 1. The fourth-order valence-corrected chi connectivity index (χ4v) is 9.23. The van der Waals surface area contributed by atoms with Crippen LogP contribution in [-0.2, 0) is 20.0 Å². The number of thiazole rings is 1. The van der Waals surface area contributed by atoms with Crippen LogP contribution in [0.4, 0.5) is 5.13 Å². The predicted octanol–water partition coefficient (Wildman–Crippen LogP) is 3.29. The van der Waals surface area contributed by atoms with Crippen LogP contribution in [-0.4, -0.2) is 30.8 Å². The zero-order valence-electron chi connectivity index (χ0n) is 15.2. The Hall–Kier alpha value is -0.950. The molecule has 1 saturated heterocycles. The van der Waals surface area contributed by atoms with Gasteiger partial charge in [-0.25, -0.2) is 13.4 Å². The van der Waals surface area contributed by atoms with Gasteiger partial charge in [0.2, 0.25) is 5.91 Å². The first-order chi connectivity index (χ1) is 12.3. The lowest BCUT2D eigenvalue weighted by Crippen LogP contribution is -2.49.